The molecule has 1 fully saturated rings. The highest BCUT2D eigenvalue weighted by molar-refractivity contribution is 7.90. The summed E-state index contributed by atoms with van der Waals surface area (Å²) in [7, 11) is -4.08. The first-order chi connectivity index (χ1) is 21.7. The van der Waals surface area contributed by atoms with E-state index in [9.17, 15) is 31.5 Å². The van der Waals surface area contributed by atoms with E-state index in [0.717, 1.165) is 36.8 Å². The van der Waals surface area contributed by atoms with Crippen molar-refractivity contribution in [1.82, 2.24) is 4.72 Å². The fraction of sp³-hybridized carbons (Fsp3) is 0.618. The Hall–Kier alpha value is -2.50. The quantitative estimate of drug-likeness (QED) is 0.350. The number of halogens is 4. The van der Waals surface area contributed by atoms with E-state index in [4.69, 9.17) is 16.3 Å². The van der Waals surface area contributed by atoms with Crippen LogP contribution in [0.5, 0.6) is 5.75 Å². The minimum Gasteiger partial charge on any atom is -0.490 e. The van der Waals surface area contributed by atoms with Gasteiger partial charge in [-0.3, -0.25) is 4.79 Å². The van der Waals surface area contributed by atoms with Gasteiger partial charge in [0, 0.05) is 29.1 Å². The van der Waals surface area contributed by atoms with Crippen LogP contribution >= 0.6 is 11.6 Å². The Kier molecular flexibility index (Phi) is 9.08. The number of sulfonamides is 1. The summed E-state index contributed by atoms with van der Waals surface area (Å²) in [4.78, 5) is 15.5. The fourth-order valence-electron chi connectivity index (χ4n) is 8.27. The standard InChI is InChI=1S/C34H42ClF3N2O5S/c1-20-5-3-7-27(31(41)34(36,37)38)26-11-8-24(26)17-40-18-33(14-4-6-22-15-25(35)10-12-28(22)33)19-45-30-13-9-23(16-29(30)40)32(42)39-46(43,44)21(20)2/h9-10,12-13,15-16,20-21,24,26-27,31,41H,3-8,11,14,17-19H2,1-2H3,(H,39,42)/t20-,21+,24-,26?,27+,31-,33-/m0/s1. The molecule has 7 nitrogen and oxygen atoms in total. The van der Waals surface area contributed by atoms with Crippen molar-refractivity contribution in [3.05, 3.63) is 58.1 Å². The number of amides is 1. The largest absolute Gasteiger partial charge is 0.490 e. The molecule has 2 aromatic carbocycles. The van der Waals surface area contributed by atoms with E-state index in [2.05, 4.69) is 9.62 Å². The van der Waals surface area contributed by atoms with Crippen LogP contribution in [0.3, 0.4) is 0 Å². The van der Waals surface area contributed by atoms with Crippen molar-refractivity contribution in [2.24, 2.45) is 23.7 Å². The Labute approximate surface area is 273 Å². The van der Waals surface area contributed by atoms with Gasteiger partial charge in [-0.15, -0.1) is 0 Å². The maximum Gasteiger partial charge on any atom is 0.414 e. The lowest BCUT2D eigenvalue weighted by atomic mass is 9.63. The van der Waals surface area contributed by atoms with E-state index in [1.54, 1.807) is 25.1 Å². The van der Waals surface area contributed by atoms with Crippen molar-refractivity contribution in [2.75, 3.05) is 24.6 Å². The summed E-state index contributed by atoms with van der Waals surface area (Å²) in [5, 5.41) is 10.3. The maximum atomic E-state index is 14.0. The monoisotopic (exact) mass is 682 g/mol. The molecule has 0 radical (unpaired) electrons. The molecule has 1 amide bonds. The Morgan fingerprint density at radius 2 is 1.87 bits per heavy atom. The maximum absolute atomic E-state index is 14.0. The Morgan fingerprint density at radius 3 is 2.59 bits per heavy atom. The third-order valence-corrected chi connectivity index (χ3v) is 13.4. The minimum atomic E-state index is -4.76. The molecule has 0 aromatic heterocycles. The Morgan fingerprint density at radius 1 is 1.09 bits per heavy atom. The predicted octanol–water partition coefficient (Wildman–Crippen LogP) is 6.65. The van der Waals surface area contributed by atoms with Gasteiger partial charge in [-0.1, -0.05) is 31.0 Å². The molecule has 252 valence electrons. The van der Waals surface area contributed by atoms with E-state index in [0.29, 0.717) is 55.4 Å². The first-order valence-corrected chi connectivity index (χ1v) is 18.2. The molecule has 0 saturated heterocycles. The molecular formula is C34H42ClF3N2O5S. The summed E-state index contributed by atoms with van der Waals surface area (Å²) in [5.41, 5.74) is 2.61. The first-order valence-electron chi connectivity index (χ1n) is 16.3. The number of carbonyl (C=O) groups is 1. The van der Waals surface area contributed by atoms with Gasteiger partial charge < -0.3 is 14.7 Å². The van der Waals surface area contributed by atoms with E-state index >= 15 is 0 Å². The Bertz CT molecular complexity index is 1590. The second-order valence-electron chi connectivity index (χ2n) is 14.0. The van der Waals surface area contributed by atoms with Gasteiger partial charge in [0.1, 0.15) is 5.75 Å². The molecule has 6 rings (SSSR count). The number of hydrogen-bond acceptors (Lipinski definition) is 6. The van der Waals surface area contributed by atoms with Crippen molar-refractivity contribution in [1.29, 1.82) is 0 Å². The average molecular weight is 683 g/mol. The highest BCUT2D eigenvalue weighted by atomic mass is 35.5. The summed E-state index contributed by atoms with van der Waals surface area (Å²) in [6, 6.07) is 10.8. The smallest absolute Gasteiger partial charge is 0.414 e. The molecular weight excluding hydrogens is 641 g/mol. The van der Waals surface area contributed by atoms with Crippen LogP contribution in [-0.4, -0.2) is 56.7 Å². The number of rotatable bonds is 1. The number of ether oxygens (including phenoxy) is 1. The SMILES string of the molecule is C[C@@H]1[C@@H](C)CCC[C@@H]([C@H](O)C(F)(F)F)C2CC[C@H]2CN2C[C@@]3(CCCc4cc(Cl)ccc43)COc3ccc(cc32)C(=O)NS1(=O)=O. The lowest BCUT2D eigenvalue weighted by Gasteiger charge is -2.48. The van der Waals surface area contributed by atoms with E-state index in [-0.39, 0.29) is 23.8 Å². The second-order valence-corrected chi connectivity index (χ2v) is 16.5. The van der Waals surface area contributed by atoms with Gasteiger partial charge in [0.15, 0.2) is 6.10 Å². The number of nitrogens with one attached hydrogen (secondary N) is 1. The number of fused-ring (bicyclic) bond motifs is 4. The van der Waals surface area contributed by atoms with Crippen LogP contribution < -0.4 is 14.4 Å². The summed E-state index contributed by atoms with van der Waals surface area (Å²) in [5.74, 6) is -2.08. The van der Waals surface area contributed by atoms with Gasteiger partial charge in [-0.05, 0) is 117 Å². The van der Waals surface area contributed by atoms with E-state index in [1.807, 2.05) is 18.2 Å². The number of anilines is 1. The highest BCUT2D eigenvalue weighted by Crippen LogP contribution is 2.49. The number of alkyl halides is 3. The molecule has 2 N–H and O–H groups in total. The van der Waals surface area contributed by atoms with Crippen molar-refractivity contribution < 1.29 is 36.2 Å². The van der Waals surface area contributed by atoms with Crippen molar-refractivity contribution >= 4 is 33.2 Å². The third-order valence-electron chi connectivity index (χ3n) is 11.2. The fourth-order valence-corrected chi connectivity index (χ4v) is 9.77. The van der Waals surface area contributed by atoms with Gasteiger partial charge in [-0.25, -0.2) is 13.1 Å². The lowest BCUT2D eigenvalue weighted by molar-refractivity contribution is -0.231. The van der Waals surface area contributed by atoms with Crippen LogP contribution in [0, 0.1) is 23.7 Å². The minimum absolute atomic E-state index is 0.111. The number of aliphatic hydroxyl groups excluding tert-OH is 1. The van der Waals surface area contributed by atoms with E-state index in [1.165, 1.54) is 6.92 Å². The molecule has 1 unspecified atom stereocenters. The van der Waals surface area contributed by atoms with Gasteiger partial charge in [-0.2, -0.15) is 13.2 Å². The summed E-state index contributed by atoms with van der Waals surface area (Å²) >= 11 is 6.36. The molecule has 2 heterocycles. The van der Waals surface area contributed by atoms with Crippen LogP contribution in [0.2, 0.25) is 5.02 Å². The van der Waals surface area contributed by atoms with Crippen LogP contribution in [-0.2, 0) is 21.9 Å². The molecule has 4 aliphatic rings. The number of aryl methyl sites for hydroxylation is 1. The van der Waals surface area contributed by atoms with Crippen LogP contribution in [0.15, 0.2) is 36.4 Å². The van der Waals surface area contributed by atoms with Crippen molar-refractivity contribution in [3.63, 3.8) is 0 Å². The zero-order chi connectivity index (χ0) is 33.0. The number of nitrogens with zero attached hydrogens (tertiary/aromatic N) is 1. The van der Waals surface area contributed by atoms with Gasteiger partial charge in [0.2, 0.25) is 10.0 Å². The summed E-state index contributed by atoms with van der Waals surface area (Å²) in [6.45, 7) is 4.52. The number of hydrogen-bond donors (Lipinski definition) is 2. The predicted molar refractivity (Wildman–Crippen MR) is 171 cm³/mol. The average Bonchev–Trinajstić information content (AvgIpc) is 3.13. The molecule has 1 spiro atoms. The van der Waals surface area contributed by atoms with Gasteiger partial charge in [0.05, 0.1) is 17.5 Å². The van der Waals surface area contributed by atoms with Crippen molar-refractivity contribution in [3.8, 4) is 5.75 Å². The molecule has 2 aromatic rings. The zero-order valence-corrected chi connectivity index (χ0v) is 27.7. The topological polar surface area (TPSA) is 95.9 Å². The summed E-state index contributed by atoms with van der Waals surface area (Å²) in [6.07, 6.45) is -2.47. The molecule has 12 heteroatoms. The van der Waals surface area contributed by atoms with Crippen LogP contribution in [0.25, 0.3) is 0 Å². The van der Waals surface area contributed by atoms with Crippen LogP contribution in [0.1, 0.15) is 80.3 Å². The highest BCUT2D eigenvalue weighted by Gasteiger charge is 2.51. The molecule has 1 saturated carbocycles. The number of benzene rings is 2. The molecule has 2 aliphatic carbocycles. The normalized spacial score (nSPS) is 32.2. The lowest BCUT2D eigenvalue weighted by Crippen LogP contribution is -2.51. The molecule has 2 aliphatic heterocycles. The van der Waals surface area contributed by atoms with E-state index < -0.39 is 50.7 Å². The van der Waals surface area contributed by atoms with Gasteiger partial charge in [0.25, 0.3) is 5.91 Å². The van der Waals surface area contributed by atoms with Gasteiger partial charge >= 0.3 is 6.18 Å². The molecule has 46 heavy (non-hydrogen) atoms. The number of aliphatic hydroxyl groups is 1. The first kappa shape index (κ1) is 33.4. The molecule has 2 bridgehead atoms. The Balaban J connectivity index is 1.43. The third kappa shape index (κ3) is 6.35. The summed E-state index contributed by atoms with van der Waals surface area (Å²) < 4.78 is 77.3. The second kappa shape index (κ2) is 12.5. The molecule has 7 atom stereocenters. The number of carbonyl (C=O) groups excluding carboxylic acids is 1. The zero-order valence-electron chi connectivity index (χ0n) is 26.2. The van der Waals surface area contributed by atoms with Crippen molar-refractivity contribution in [2.45, 2.75) is 88.2 Å². The van der Waals surface area contributed by atoms with Crippen LogP contribution in [0.4, 0.5) is 18.9 Å².